The highest BCUT2D eigenvalue weighted by Crippen LogP contribution is 2.20. The summed E-state index contributed by atoms with van der Waals surface area (Å²) < 4.78 is 0. The van der Waals surface area contributed by atoms with E-state index in [4.69, 9.17) is 0 Å². The first-order valence-electron chi connectivity index (χ1n) is 7.18. The Hall–Kier alpha value is -2.22. The Morgan fingerprint density at radius 1 is 1.50 bits per heavy atom. The lowest BCUT2D eigenvalue weighted by Gasteiger charge is -2.23. The molecule has 0 spiro atoms. The van der Waals surface area contributed by atoms with Gasteiger partial charge in [0.25, 0.3) is 0 Å². The zero-order valence-corrected chi connectivity index (χ0v) is 12.8. The summed E-state index contributed by atoms with van der Waals surface area (Å²) in [5.74, 6) is 0.482. The van der Waals surface area contributed by atoms with Gasteiger partial charge < -0.3 is 10.2 Å². The number of hydrogen-bond acceptors (Lipinski definition) is 5. The van der Waals surface area contributed by atoms with E-state index in [1.54, 1.807) is 16.2 Å². The molecule has 1 saturated heterocycles. The molecule has 7 nitrogen and oxygen atoms in total. The first-order chi connectivity index (χ1) is 10.7. The Bertz CT molecular complexity index is 626. The lowest BCUT2D eigenvalue weighted by molar-refractivity contribution is -0.138. The molecule has 0 bridgehead atoms. The maximum atomic E-state index is 12.4. The van der Waals surface area contributed by atoms with Gasteiger partial charge in [-0.1, -0.05) is 6.07 Å². The van der Waals surface area contributed by atoms with Gasteiger partial charge in [-0.05, 0) is 24.3 Å². The van der Waals surface area contributed by atoms with E-state index in [0.29, 0.717) is 31.8 Å². The zero-order valence-electron chi connectivity index (χ0n) is 12.0. The molecule has 1 fully saturated rings. The van der Waals surface area contributed by atoms with Gasteiger partial charge >= 0.3 is 0 Å². The minimum atomic E-state index is -0.379. The Balaban J connectivity index is 1.57. The second kappa shape index (κ2) is 6.69. The summed E-state index contributed by atoms with van der Waals surface area (Å²) in [5.41, 5.74) is 0. The lowest BCUT2D eigenvalue weighted by atomic mass is 10.2. The number of nitrogens with zero attached hydrogens (tertiary/aromatic N) is 3. The molecule has 1 aliphatic heterocycles. The highest BCUT2D eigenvalue weighted by Gasteiger charge is 2.33. The van der Waals surface area contributed by atoms with Crippen molar-refractivity contribution in [3.05, 3.63) is 34.5 Å². The van der Waals surface area contributed by atoms with Crippen LogP contribution in [0.15, 0.2) is 23.8 Å². The van der Waals surface area contributed by atoms with Crippen molar-refractivity contribution < 1.29 is 9.59 Å². The molecule has 116 valence electrons. The maximum Gasteiger partial charge on any atom is 0.243 e. The smallest absolute Gasteiger partial charge is 0.243 e. The van der Waals surface area contributed by atoms with Gasteiger partial charge in [0.1, 0.15) is 18.2 Å². The van der Waals surface area contributed by atoms with Crippen LogP contribution >= 0.6 is 11.3 Å². The Labute approximate surface area is 131 Å². The zero-order chi connectivity index (χ0) is 15.4. The molecule has 1 atom stereocenters. The number of thiophene rings is 1. The summed E-state index contributed by atoms with van der Waals surface area (Å²) in [5, 5.41) is 11.2. The molecule has 2 aromatic heterocycles. The first kappa shape index (κ1) is 14.7. The van der Waals surface area contributed by atoms with Crippen LogP contribution in [-0.2, 0) is 22.6 Å². The largest absolute Gasteiger partial charge is 0.347 e. The fourth-order valence-corrected chi connectivity index (χ4v) is 3.30. The van der Waals surface area contributed by atoms with Crippen LogP contribution in [0.1, 0.15) is 23.5 Å². The maximum absolute atomic E-state index is 12.4. The molecule has 2 N–H and O–H groups in total. The number of carbonyl (C=O) groups excluding carboxylic acids is 2. The molecule has 0 radical (unpaired) electrons. The van der Waals surface area contributed by atoms with Crippen LogP contribution in [0.2, 0.25) is 0 Å². The third-order valence-corrected chi connectivity index (χ3v) is 4.55. The topological polar surface area (TPSA) is 91.0 Å². The Morgan fingerprint density at radius 3 is 3.14 bits per heavy atom. The number of hydrogen-bond donors (Lipinski definition) is 2. The number of nitrogens with one attached hydrogen (secondary N) is 2. The lowest BCUT2D eigenvalue weighted by Crippen LogP contribution is -2.46. The number of H-pyrrole nitrogens is 1. The Kier molecular flexibility index (Phi) is 4.47. The van der Waals surface area contributed by atoms with Crippen molar-refractivity contribution in [2.75, 3.05) is 6.54 Å². The quantitative estimate of drug-likeness (QED) is 0.849. The van der Waals surface area contributed by atoms with Crippen molar-refractivity contribution in [1.29, 1.82) is 0 Å². The van der Waals surface area contributed by atoms with Crippen molar-refractivity contribution in [3.8, 4) is 0 Å². The van der Waals surface area contributed by atoms with E-state index in [2.05, 4.69) is 20.5 Å². The second-order valence-electron chi connectivity index (χ2n) is 5.15. The molecule has 3 rings (SSSR count). The third kappa shape index (κ3) is 3.33. The molecule has 3 heterocycles. The van der Waals surface area contributed by atoms with Crippen molar-refractivity contribution in [2.45, 2.75) is 31.8 Å². The predicted molar refractivity (Wildman–Crippen MR) is 81.0 cm³/mol. The summed E-state index contributed by atoms with van der Waals surface area (Å²) in [7, 11) is 0. The molecule has 0 aromatic carbocycles. The van der Waals surface area contributed by atoms with Crippen molar-refractivity contribution >= 4 is 23.2 Å². The van der Waals surface area contributed by atoms with E-state index in [1.165, 1.54) is 6.33 Å². The number of aromatic amines is 1. The molecule has 22 heavy (non-hydrogen) atoms. The molecular formula is C14H17N5O2S. The predicted octanol–water partition coefficient (Wildman–Crippen LogP) is 0.716. The Morgan fingerprint density at radius 2 is 2.41 bits per heavy atom. The van der Waals surface area contributed by atoms with E-state index < -0.39 is 0 Å². The average molecular weight is 319 g/mol. The number of rotatable bonds is 5. The van der Waals surface area contributed by atoms with Gasteiger partial charge in [-0.15, -0.1) is 11.3 Å². The monoisotopic (exact) mass is 319 g/mol. The van der Waals surface area contributed by atoms with E-state index >= 15 is 0 Å². The van der Waals surface area contributed by atoms with Crippen LogP contribution in [0.5, 0.6) is 0 Å². The third-order valence-electron chi connectivity index (χ3n) is 3.68. The van der Waals surface area contributed by atoms with Crippen molar-refractivity contribution in [3.63, 3.8) is 0 Å². The van der Waals surface area contributed by atoms with Gasteiger partial charge in [0.15, 0.2) is 0 Å². The van der Waals surface area contributed by atoms with Crippen LogP contribution in [-0.4, -0.2) is 44.5 Å². The molecule has 8 heteroatoms. The summed E-state index contributed by atoms with van der Waals surface area (Å²) in [6.07, 6.45) is 3.33. The minimum Gasteiger partial charge on any atom is -0.347 e. The standard InChI is InChI=1S/C14H17N5O2S/c20-13(7-10-3-2-6-22-10)19-5-1-4-11(19)14(21)15-8-12-16-9-17-18-12/h2-3,6,9,11H,1,4-5,7-8H2,(H,15,21)(H,16,17,18). The summed E-state index contributed by atoms with van der Waals surface area (Å²) >= 11 is 1.56. The van der Waals surface area contributed by atoms with Crippen LogP contribution in [0.3, 0.4) is 0 Å². The van der Waals surface area contributed by atoms with E-state index in [-0.39, 0.29) is 17.9 Å². The number of likely N-dealkylation sites (tertiary alicyclic amines) is 1. The number of carbonyl (C=O) groups is 2. The number of amides is 2. The summed E-state index contributed by atoms with van der Waals surface area (Å²) in [6.45, 7) is 0.937. The summed E-state index contributed by atoms with van der Waals surface area (Å²) in [6, 6.07) is 3.49. The molecule has 1 aliphatic rings. The molecule has 0 saturated carbocycles. The molecule has 1 unspecified atom stereocenters. The highest BCUT2D eigenvalue weighted by molar-refractivity contribution is 7.10. The molecule has 2 aromatic rings. The normalized spacial score (nSPS) is 17.6. The van der Waals surface area contributed by atoms with Gasteiger partial charge in [0.2, 0.25) is 11.8 Å². The van der Waals surface area contributed by atoms with E-state index in [9.17, 15) is 9.59 Å². The summed E-state index contributed by atoms with van der Waals surface area (Å²) in [4.78, 5) is 31.4. The van der Waals surface area contributed by atoms with Crippen LogP contribution < -0.4 is 5.32 Å². The molecular weight excluding hydrogens is 302 g/mol. The van der Waals surface area contributed by atoms with Crippen molar-refractivity contribution in [1.82, 2.24) is 25.4 Å². The first-order valence-corrected chi connectivity index (χ1v) is 8.06. The van der Waals surface area contributed by atoms with Gasteiger partial charge in [-0.3, -0.25) is 14.7 Å². The van der Waals surface area contributed by atoms with Crippen LogP contribution in [0.25, 0.3) is 0 Å². The van der Waals surface area contributed by atoms with E-state index in [1.807, 2.05) is 17.5 Å². The molecule has 0 aliphatic carbocycles. The number of aromatic nitrogens is 3. The fraction of sp³-hybridized carbons (Fsp3) is 0.429. The molecule has 2 amide bonds. The van der Waals surface area contributed by atoms with Crippen LogP contribution in [0.4, 0.5) is 0 Å². The van der Waals surface area contributed by atoms with Crippen LogP contribution in [0, 0.1) is 0 Å². The highest BCUT2D eigenvalue weighted by atomic mass is 32.1. The van der Waals surface area contributed by atoms with Gasteiger partial charge in [0.05, 0.1) is 13.0 Å². The second-order valence-corrected chi connectivity index (χ2v) is 6.18. The van der Waals surface area contributed by atoms with E-state index in [0.717, 1.165) is 11.3 Å². The van der Waals surface area contributed by atoms with Gasteiger partial charge in [-0.25, -0.2) is 4.98 Å². The van der Waals surface area contributed by atoms with Gasteiger partial charge in [0, 0.05) is 11.4 Å². The van der Waals surface area contributed by atoms with Crippen molar-refractivity contribution in [2.24, 2.45) is 0 Å². The SMILES string of the molecule is O=C(NCc1ncn[nH]1)C1CCCN1C(=O)Cc1cccs1. The fourth-order valence-electron chi connectivity index (χ4n) is 2.61. The minimum absolute atomic E-state index is 0.0137. The van der Waals surface area contributed by atoms with Gasteiger partial charge in [-0.2, -0.15) is 5.10 Å². The average Bonchev–Trinajstić information content (AvgIpc) is 3.25.